The number of likely N-dealkylation sites (N-methyl/N-ethyl adjacent to an activating group) is 1. The molecular weight excluding hydrogens is 162 g/mol. The van der Waals surface area contributed by atoms with Crippen LogP contribution in [0.4, 0.5) is 11.4 Å². The molecule has 70 valence electrons. The summed E-state index contributed by atoms with van der Waals surface area (Å²) in [4.78, 5) is 2.23. The van der Waals surface area contributed by atoms with Gasteiger partial charge in [-0.3, -0.25) is 0 Å². The molecule has 0 fully saturated rings. The number of hydrogen-bond donors (Lipinski definition) is 1. The molecule has 0 aromatic heterocycles. The first-order valence-corrected chi connectivity index (χ1v) is 4.52. The van der Waals surface area contributed by atoms with Gasteiger partial charge in [0.25, 0.3) is 0 Å². The van der Waals surface area contributed by atoms with E-state index >= 15 is 0 Å². The van der Waals surface area contributed by atoms with Crippen LogP contribution in [0.15, 0.2) is 18.2 Å². The molecule has 2 rings (SSSR count). The summed E-state index contributed by atoms with van der Waals surface area (Å²) in [5.41, 5.74) is 3.61. The smallest absolute Gasteiger partial charge is 0.0754 e. The quantitative estimate of drug-likeness (QED) is 0.603. The molecule has 0 unspecified atom stereocenters. The van der Waals surface area contributed by atoms with E-state index in [1.54, 1.807) is 0 Å². The molecule has 13 heavy (non-hydrogen) atoms. The van der Waals surface area contributed by atoms with Gasteiger partial charge in [-0.2, -0.15) is 0 Å². The molecule has 3 heteroatoms. The predicted octanol–water partition coefficient (Wildman–Crippen LogP) is 1.12. The van der Waals surface area contributed by atoms with Crippen LogP contribution in [0.1, 0.15) is 5.56 Å². The zero-order valence-corrected chi connectivity index (χ0v) is 8.12. The zero-order valence-electron chi connectivity index (χ0n) is 8.12. The summed E-state index contributed by atoms with van der Waals surface area (Å²) in [5.74, 6) is 5.88. The van der Waals surface area contributed by atoms with Gasteiger partial charge in [-0.25, -0.2) is 5.84 Å². The highest BCUT2D eigenvalue weighted by molar-refractivity contribution is 5.73. The fourth-order valence-corrected chi connectivity index (χ4v) is 1.68. The fourth-order valence-electron chi connectivity index (χ4n) is 1.68. The van der Waals surface area contributed by atoms with Crippen LogP contribution >= 0.6 is 0 Å². The van der Waals surface area contributed by atoms with Crippen LogP contribution < -0.4 is 15.8 Å². The Hall–Kier alpha value is -1.22. The lowest BCUT2D eigenvalue weighted by atomic mass is 10.1. The van der Waals surface area contributed by atoms with Crippen molar-refractivity contribution in [2.24, 2.45) is 5.84 Å². The molecule has 2 N–H and O–H groups in total. The molecular formula is C10H15N3. The Kier molecular flexibility index (Phi) is 1.88. The molecule has 3 nitrogen and oxygen atoms in total. The molecule has 0 radical (unpaired) electrons. The molecule has 1 aromatic carbocycles. The highest BCUT2D eigenvalue weighted by Crippen LogP contribution is 2.30. The molecule has 0 bridgehead atoms. The monoisotopic (exact) mass is 177 g/mol. The summed E-state index contributed by atoms with van der Waals surface area (Å²) in [5, 5.41) is 1.82. The molecule has 1 aliphatic rings. The Morgan fingerprint density at radius 2 is 2.00 bits per heavy atom. The summed E-state index contributed by atoms with van der Waals surface area (Å²) in [6.45, 7) is 3.97. The Morgan fingerprint density at radius 3 is 2.77 bits per heavy atom. The van der Waals surface area contributed by atoms with Gasteiger partial charge >= 0.3 is 0 Å². The summed E-state index contributed by atoms with van der Waals surface area (Å²) in [6, 6.07) is 6.38. The predicted molar refractivity (Wildman–Crippen MR) is 56.0 cm³/mol. The van der Waals surface area contributed by atoms with Crippen LogP contribution in [0.2, 0.25) is 0 Å². The highest BCUT2D eigenvalue weighted by atomic mass is 15.4. The van der Waals surface area contributed by atoms with E-state index in [0.717, 1.165) is 18.8 Å². The summed E-state index contributed by atoms with van der Waals surface area (Å²) < 4.78 is 0. The van der Waals surface area contributed by atoms with Crippen molar-refractivity contribution in [1.29, 1.82) is 0 Å². The number of nitrogens with two attached hydrogens (primary N) is 1. The Morgan fingerprint density at radius 1 is 1.23 bits per heavy atom. The average Bonchev–Trinajstić information content (AvgIpc) is 2.12. The van der Waals surface area contributed by atoms with Gasteiger partial charge in [0.05, 0.1) is 17.9 Å². The summed E-state index contributed by atoms with van der Waals surface area (Å²) in [6.07, 6.45) is 0. The molecule has 1 heterocycles. The largest absolute Gasteiger partial charge is 0.371 e. The second-order valence-electron chi connectivity index (χ2n) is 3.61. The van der Waals surface area contributed by atoms with E-state index in [9.17, 15) is 0 Å². The molecule has 0 aliphatic carbocycles. The average molecular weight is 177 g/mol. The molecule has 0 atom stereocenters. The Bertz CT molecular complexity index is 322. The van der Waals surface area contributed by atoms with E-state index in [2.05, 4.69) is 37.1 Å². The van der Waals surface area contributed by atoms with Crippen molar-refractivity contribution in [1.82, 2.24) is 0 Å². The lowest BCUT2D eigenvalue weighted by Crippen LogP contribution is -2.43. The summed E-state index contributed by atoms with van der Waals surface area (Å²) >= 11 is 0. The number of anilines is 2. The van der Waals surface area contributed by atoms with Crippen molar-refractivity contribution in [3.63, 3.8) is 0 Å². The first-order valence-electron chi connectivity index (χ1n) is 4.52. The number of hydrazine groups is 1. The van der Waals surface area contributed by atoms with E-state index in [1.165, 1.54) is 11.3 Å². The number of rotatable bonds is 0. The van der Waals surface area contributed by atoms with Crippen molar-refractivity contribution < 1.29 is 0 Å². The molecule has 0 spiro atoms. The van der Waals surface area contributed by atoms with Crippen LogP contribution in [0.5, 0.6) is 0 Å². The SMILES string of the molecule is Cc1ccc2c(c1)N(N)CCN2C. The van der Waals surface area contributed by atoms with Gasteiger partial charge in [0, 0.05) is 13.6 Å². The van der Waals surface area contributed by atoms with Crippen molar-refractivity contribution in [2.45, 2.75) is 6.92 Å². The first-order chi connectivity index (χ1) is 6.18. The van der Waals surface area contributed by atoms with Crippen molar-refractivity contribution >= 4 is 11.4 Å². The fraction of sp³-hybridized carbons (Fsp3) is 0.400. The van der Waals surface area contributed by atoms with Gasteiger partial charge in [0.1, 0.15) is 0 Å². The normalized spacial score (nSPS) is 15.9. The minimum Gasteiger partial charge on any atom is -0.371 e. The minimum atomic E-state index is 0.896. The van der Waals surface area contributed by atoms with Crippen LogP contribution in [-0.2, 0) is 0 Å². The second-order valence-corrected chi connectivity index (χ2v) is 3.61. The Labute approximate surface area is 78.7 Å². The number of hydrogen-bond acceptors (Lipinski definition) is 3. The third-order valence-electron chi connectivity index (χ3n) is 2.53. The van der Waals surface area contributed by atoms with E-state index < -0.39 is 0 Å². The van der Waals surface area contributed by atoms with Crippen LogP contribution in [0, 0.1) is 6.92 Å². The van der Waals surface area contributed by atoms with E-state index in [1.807, 2.05) is 5.01 Å². The standard InChI is InChI=1S/C10H15N3/c1-8-3-4-9-10(7-8)13(11)6-5-12(9)2/h3-4,7H,5-6,11H2,1-2H3. The number of nitrogens with zero attached hydrogens (tertiary/aromatic N) is 2. The molecule has 0 saturated heterocycles. The number of benzene rings is 1. The highest BCUT2D eigenvalue weighted by Gasteiger charge is 2.17. The third-order valence-corrected chi connectivity index (χ3v) is 2.53. The van der Waals surface area contributed by atoms with Gasteiger partial charge in [-0.05, 0) is 24.6 Å². The number of aryl methyl sites for hydroxylation is 1. The topological polar surface area (TPSA) is 32.5 Å². The van der Waals surface area contributed by atoms with E-state index in [4.69, 9.17) is 5.84 Å². The van der Waals surface area contributed by atoms with Gasteiger partial charge < -0.3 is 9.91 Å². The lowest BCUT2D eigenvalue weighted by molar-refractivity contribution is 0.762. The Balaban J connectivity index is 2.50. The molecule has 1 aliphatic heterocycles. The minimum absolute atomic E-state index is 0.896. The lowest BCUT2D eigenvalue weighted by Gasteiger charge is -2.34. The van der Waals surface area contributed by atoms with Gasteiger partial charge in [0.2, 0.25) is 0 Å². The van der Waals surface area contributed by atoms with Crippen LogP contribution in [0.3, 0.4) is 0 Å². The van der Waals surface area contributed by atoms with Crippen molar-refractivity contribution in [3.05, 3.63) is 23.8 Å². The van der Waals surface area contributed by atoms with E-state index in [-0.39, 0.29) is 0 Å². The first kappa shape index (κ1) is 8.38. The van der Waals surface area contributed by atoms with Gasteiger partial charge in [0.15, 0.2) is 0 Å². The van der Waals surface area contributed by atoms with Gasteiger partial charge in [-0.1, -0.05) is 6.07 Å². The molecule has 0 saturated carbocycles. The van der Waals surface area contributed by atoms with Crippen LogP contribution in [-0.4, -0.2) is 20.1 Å². The maximum absolute atomic E-state index is 5.88. The van der Waals surface area contributed by atoms with Crippen molar-refractivity contribution in [2.75, 3.05) is 30.0 Å². The maximum atomic E-state index is 5.88. The second kappa shape index (κ2) is 2.92. The summed E-state index contributed by atoms with van der Waals surface area (Å²) in [7, 11) is 2.10. The zero-order chi connectivity index (χ0) is 9.42. The molecule has 1 aromatic rings. The van der Waals surface area contributed by atoms with Crippen LogP contribution in [0.25, 0.3) is 0 Å². The van der Waals surface area contributed by atoms with E-state index in [0.29, 0.717) is 0 Å². The third kappa shape index (κ3) is 1.35. The number of fused-ring (bicyclic) bond motifs is 1. The van der Waals surface area contributed by atoms with Gasteiger partial charge in [-0.15, -0.1) is 0 Å². The molecule has 0 amide bonds. The van der Waals surface area contributed by atoms with Crippen molar-refractivity contribution in [3.8, 4) is 0 Å². The maximum Gasteiger partial charge on any atom is 0.0754 e.